The Morgan fingerprint density at radius 1 is 1.45 bits per heavy atom. The summed E-state index contributed by atoms with van der Waals surface area (Å²) in [4.78, 5) is 12.0. The highest BCUT2D eigenvalue weighted by molar-refractivity contribution is 5.92. The van der Waals surface area contributed by atoms with Gasteiger partial charge in [0.1, 0.15) is 6.54 Å². The number of carbonyl (C=O) groups excluding carboxylic acids is 1. The van der Waals surface area contributed by atoms with Crippen LogP contribution in [-0.4, -0.2) is 38.1 Å². The number of amides is 1. The third kappa shape index (κ3) is 3.94. The van der Waals surface area contributed by atoms with E-state index in [2.05, 4.69) is 15.6 Å². The van der Waals surface area contributed by atoms with Gasteiger partial charge in [0.2, 0.25) is 0 Å². The summed E-state index contributed by atoms with van der Waals surface area (Å²) in [6.07, 6.45) is 4.78. The van der Waals surface area contributed by atoms with E-state index in [1.165, 1.54) is 0 Å². The lowest BCUT2D eigenvalue weighted by molar-refractivity contribution is 0.0312. The Bertz CT molecular complexity index is 628. The zero-order chi connectivity index (χ0) is 16.2. The predicted octanol–water partition coefficient (Wildman–Crippen LogP) is 1.51. The van der Waals surface area contributed by atoms with Crippen LogP contribution in [0.15, 0.2) is 23.0 Å². The van der Waals surface area contributed by atoms with Gasteiger partial charge in [0.05, 0.1) is 11.8 Å². The van der Waals surface area contributed by atoms with Gasteiger partial charge in [0.15, 0.2) is 11.5 Å². The fourth-order valence-corrected chi connectivity index (χ4v) is 2.04. The van der Waals surface area contributed by atoms with Crippen LogP contribution in [0.4, 0.5) is 0 Å². The van der Waals surface area contributed by atoms with Crippen molar-refractivity contribution in [2.75, 3.05) is 6.54 Å². The zero-order valence-electron chi connectivity index (χ0n) is 13.2. The lowest BCUT2D eigenvalue weighted by atomic mass is 9.97. The second kappa shape index (κ2) is 6.74. The van der Waals surface area contributed by atoms with Gasteiger partial charge in [0.25, 0.3) is 5.91 Å². The lowest BCUT2D eigenvalue weighted by Crippen LogP contribution is -2.42. The van der Waals surface area contributed by atoms with Gasteiger partial charge in [-0.25, -0.2) is 0 Å². The van der Waals surface area contributed by atoms with Gasteiger partial charge in [-0.05, 0) is 25.3 Å². The van der Waals surface area contributed by atoms with Crippen LogP contribution in [0.3, 0.4) is 0 Å². The van der Waals surface area contributed by atoms with Gasteiger partial charge in [-0.1, -0.05) is 19.0 Å². The van der Waals surface area contributed by atoms with Crippen molar-refractivity contribution in [2.24, 2.45) is 0 Å². The highest BCUT2D eigenvalue weighted by Gasteiger charge is 2.24. The first-order valence-electron chi connectivity index (χ1n) is 7.41. The molecule has 0 aromatic carbocycles. The Labute approximate surface area is 129 Å². The molecular weight excluding hydrogens is 284 g/mol. The molecule has 0 fully saturated rings. The summed E-state index contributed by atoms with van der Waals surface area (Å²) in [7, 11) is 0. The number of rotatable bonds is 7. The van der Waals surface area contributed by atoms with Crippen molar-refractivity contribution in [1.29, 1.82) is 0 Å². The molecule has 0 bridgehead atoms. The fourth-order valence-electron chi connectivity index (χ4n) is 2.04. The molecule has 0 saturated carbocycles. The average molecular weight is 306 g/mol. The molecule has 120 valence electrons. The number of aromatic nitrogens is 3. The minimum atomic E-state index is -0.880. The molecule has 0 saturated heterocycles. The van der Waals surface area contributed by atoms with E-state index in [0.29, 0.717) is 25.1 Å². The van der Waals surface area contributed by atoms with Gasteiger partial charge in [-0.2, -0.15) is 5.10 Å². The third-order valence-electron chi connectivity index (χ3n) is 3.77. The minimum Gasteiger partial charge on any atom is -0.388 e. The van der Waals surface area contributed by atoms with E-state index in [1.54, 1.807) is 16.9 Å². The number of carbonyl (C=O) groups is 1. The van der Waals surface area contributed by atoms with E-state index in [1.807, 2.05) is 27.0 Å². The first kappa shape index (κ1) is 16.2. The molecule has 1 amide bonds. The molecule has 2 aromatic heterocycles. The normalized spacial score (nSPS) is 11.6. The molecule has 0 spiro atoms. The molecule has 22 heavy (non-hydrogen) atoms. The van der Waals surface area contributed by atoms with E-state index >= 15 is 0 Å². The largest absolute Gasteiger partial charge is 0.388 e. The first-order chi connectivity index (χ1) is 10.5. The van der Waals surface area contributed by atoms with Crippen molar-refractivity contribution < 1.29 is 14.4 Å². The van der Waals surface area contributed by atoms with Crippen molar-refractivity contribution in [3.8, 4) is 0 Å². The molecule has 2 heterocycles. The zero-order valence-corrected chi connectivity index (χ0v) is 13.2. The number of nitrogens with one attached hydrogen (secondary N) is 1. The monoisotopic (exact) mass is 306 g/mol. The molecule has 2 N–H and O–H groups in total. The van der Waals surface area contributed by atoms with Crippen LogP contribution >= 0.6 is 0 Å². The molecule has 0 aliphatic rings. The summed E-state index contributed by atoms with van der Waals surface area (Å²) in [5.74, 6) is 0.196. The van der Waals surface area contributed by atoms with Gasteiger partial charge >= 0.3 is 0 Å². The summed E-state index contributed by atoms with van der Waals surface area (Å²) in [6, 6.07) is 1.59. The Morgan fingerprint density at radius 3 is 2.77 bits per heavy atom. The number of aryl methyl sites for hydroxylation is 1. The quantitative estimate of drug-likeness (QED) is 0.808. The van der Waals surface area contributed by atoms with Crippen LogP contribution in [-0.2, 0) is 6.54 Å². The van der Waals surface area contributed by atoms with E-state index in [0.717, 1.165) is 5.56 Å². The standard InChI is InChI=1S/C15H22N4O3/c1-4-15(21,5-2)10-16-14(20)13-6-12(22-18-13)9-19-8-11(3)7-17-19/h6-8,21H,4-5,9-10H2,1-3H3,(H,16,20). The maximum atomic E-state index is 12.0. The molecule has 0 aliphatic carbocycles. The van der Waals surface area contributed by atoms with Crippen LogP contribution < -0.4 is 5.32 Å². The maximum absolute atomic E-state index is 12.0. The van der Waals surface area contributed by atoms with E-state index < -0.39 is 5.60 Å². The Morgan fingerprint density at radius 2 is 2.18 bits per heavy atom. The van der Waals surface area contributed by atoms with Crippen molar-refractivity contribution >= 4 is 5.91 Å². The number of hydrogen-bond acceptors (Lipinski definition) is 5. The molecule has 7 nitrogen and oxygen atoms in total. The summed E-state index contributed by atoms with van der Waals surface area (Å²) in [5.41, 5.74) is 0.374. The third-order valence-corrected chi connectivity index (χ3v) is 3.77. The van der Waals surface area contributed by atoms with E-state index in [9.17, 15) is 9.90 Å². The van der Waals surface area contributed by atoms with Crippen molar-refractivity contribution in [2.45, 2.75) is 45.8 Å². The van der Waals surface area contributed by atoms with Gasteiger partial charge in [-0.3, -0.25) is 9.48 Å². The molecule has 0 unspecified atom stereocenters. The van der Waals surface area contributed by atoms with Gasteiger partial charge in [0, 0.05) is 18.8 Å². The lowest BCUT2D eigenvalue weighted by Gasteiger charge is -2.24. The predicted molar refractivity (Wildman–Crippen MR) is 80.4 cm³/mol. The molecule has 2 aromatic rings. The van der Waals surface area contributed by atoms with Crippen LogP contribution in [0.25, 0.3) is 0 Å². The van der Waals surface area contributed by atoms with E-state index in [-0.39, 0.29) is 18.1 Å². The molecule has 0 radical (unpaired) electrons. The first-order valence-corrected chi connectivity index (χ1v) is 7.41. The van der Waals surface area contributed by atoms with Crippen LogP contribution in [0.5, 0.6) is 0 Å². The number of nitrogens with zero attached hydrogens (tertiary/aromatic N) is 3. The molecule has 7 heteroatoms. The number of hydrogen-bond donors (Lipinski definition) is 2. The SMILES string of the molecule is CCC(O)(CC)CNC(=O)c1cc(Cn2cc(C)cn2)on1. The fraction of sp³-hybridized carbons (Fsp3) is 0.533. The molecule has 0 atom stereocenters. The summed E-state index contributed by atoms with van der Waals surface area (Å²) < 4.78 is 6.86. The van der Waals surface area contributed by atoms with Crippen molar-refractivity contribution in [1.82, 2.24) is 20.3 Å². The molecular formula is C15H22N4O3. The topological polar surface area (TPSA) is 93.2 Å². The van der Waals surface area contributed by atoms with E-state index in [4.69, 9.17) is 4.52 Å². The Kier molecular flexibility index (Phi) is 4.97. The smallest absolute Gasteiger partial charge is 0.273 e. The highest BCUT2D eigenvalue weighted by atomic mass is 16.5. The van der Waals surface area contributed by atoms with Crippen LogP contribution in [0.2, 0.25) is 0 Å². The van der Waals surface area contributed by atoms with Crippen LogP contribution in [0, 0.1) is 6.92 Å². The molecule has 2 rings (SSSR count). The highest BCUT2D eigenvalue weighted by Crippen LogP contribution is 2.13. The van der Waals surface area contributed by atoms with Crippen molar-refractivity contribution in [3.05, 3.63) is 35.5 Å². The van der Waals surface area contributed by atoms with Crippen LogP contribution in [0.1, 0.15) is 48.5 Å². The Balaban J connectivity index is 1.94. The number of aliphatic hydroxyl groups is 1. The second-order valence-corrected chi connectivity index (χ2v) is 5.51. The van der Waals surface area contributed by atoms with Gasteiger partial charge < -0.3 is 14.9 Å². The van der Waals surface area contributed by atoms with Crippen molar-refractivity contribution in [3.63, 3.8) is 0 Å². The Hall–Kier alpha value is -2.15. The summed E-state index contributed by atoms with van der Waals surface area (Å²) >= 11 is 0. The minimum absolute atomic E-state index is 0.194. The maximum Gasteiger partial charge on any atom is 0.273 e. The average Bonchev–Trinajstić information content (AvgIpc) is 3.14. The molecule has 0 aliphatic heterocycles. The second-order valence-electron chi connectivity index (χ2n) is 5.51. The summed E-state index contributed by atoms with van der Waals surface area (Å²) in [6.45, 7) is 6.33. The summed E-state index contributed by atoms with van der Waals surface area (Å²) in [5, 5.41) is 20.8. The van der Waals surface area contributed by atoms with Gasteiger partial charge in [-0.15, -0.1) is 0 Å².